The summed E-state index contributed by atoms with van der Waals surface area (Å²) in [6, 6.07) is 0. The number of ether oxygens (including phenoxy) is 1. The van der Waals surface area contributed by atoms with Crippen molar-refractivity contribution in [2.75, 3.05) is 19.7 Å². The number of rotatable bonds is 0. The average Bonchev–Trinajstić information content (AvgIpc) is 2.70. The van der Waals surface area contributed by atoms with Crippen LogP contribution < -0.4 is 0 Å². The molecule has 2 rings (SSSR count). The Morgan fingerprint density at radius 2 is 2.00 bits per heavy atom. The smallest absolute Gasteiger partial charge is 0.0950 e. The molecule has 0 aliphatic carbocycles. The van der Waals surface area contributed by atoms with E-state index >= 15 is 0 Å². The molecule has 0 radical (unpaired) electrons. The number of epoxide rings is 1. The molecule has 2 aliphatic rings. The van der Waals surface area contributed by atoms with Gasteiger partial charge in [0.15, 0.2) is 0 Å². The third-order valence-corrected chi connectivity index (χ3v) is 2.70. The van der Waals surface area contributed by atoms with E-state index in [9.17, 15) is 0 Å². The van der Waals surface area contributed by atoms with E-state index in [-0.39, 0.29) is 5.60 Å². The van der Waals surface area contributed by atoms with Gasteiger partial charge in [0.2, 0.25) is 0 Å². The largest absolute Gasteiger partial charge is 0.369 e. The molecule has 1 spiro atoms. The van der Waals surface area contributed by atoms with Gasteiger partial charge in [-0.2, -0.15) is 0 Å². The minimum absolute atomic E-state index is 0.256. The van der Waals surface area contributed by atoms with E-state index in [2.05, 4.69) is 4.90 Å². The first-order valence-electron chi connectivity index (χ1n) is 4.16. The van der Waals surface area contributed by atoms with Gasteiger partial charge in [-0.05, 0) is 19.8 Å². The fourth-order valence-electron chi connectivity index (χ4n) is 1.64. The molecule has 0 aromatic carbocycles. The Labute approximate surface area is 66.8 Å². The first kappa shape index (κ1) is 7.10. The molecule has 3 heteroatoms. The van der Waals surface area contributed by atoms with E-state index < -0.39 is 0 Å². The summed E-state index contributed by atoms with van der Waals surface area (Å²) in [7, 11) is 0. The lowest BCUT2D eigenvalue weighted by Crippen LogP contribution is -2.40. The van der Waals surface area contributed by atoms with Crippen LogP contribution in [0, 0.1) is 5.41 Å². The van der Waals surface area contributed by atoms with Crippen molar-refractivity contribution in [2.24, 2.45) is 0 Å². The third-order valence-electron chi connectivity index (χ3n) is 2.70. The molecule has 0 amide bonds. The Morgan fingerprint density at radius 3 is 2.36 bits per heavy atom. The highest BCUT2D eigenvalue weighted by atomic mass is 16.6. The van der Waals surface area contributed by atoms with Crippen LogP contribution in [0.5, 0.6) is 0 Å². The highest BCUT2D eigenvalue weighted by molar-refractivity contribution is 5.76. The van der Waals surface area contributed by atoms with Crippen molar-refractivity contribution >= 4 is 5.84 Å². The van der Waals surface area contributed by atoms with Gasteiger partial charge >= 0.3 is 0 Å². The van der Waals surface area contributed by atoms with Crippen molar-refractivity contribution in [3.8, 4) is 0 Å². The van der Waals surface area contributed by atoms with Crippen LogP contribution in [0.25, 0.3) is 0 Å². The van der Waals surface area contributed by atoms with Crippen LogP contribution in [0.4, 0.5) is 0 Å². The van der Waals surface area contributed by atoms with Crippen molar-refractivity contribution in [1.82, 2.24) is 4.90 Å². The highest BCUT2D eigenvalue weighted by Gasteiger charge is 2.46. The molecule has 0 atom stereocenters. The molecule has 0 saturated carbocycles. The van der Waals surface area contributed by atoms with E-state index in [0.29, 0.717) is 5.84 Å². The van der Waals surface area contributed by atoms with Gasteiger partial charge in [-0.25, -0.2) is 0 Å². The summed E-state index contributed by atoms with van der Waals surface area (Å²) in [5.74, 6) is 0.695. The second-order valence-corrected chi connectivity index (χ2v) is 3.54. The zero-order valence-corrected chi connectivity index (χ0v) is 6.89. The molecule has 11 heavy (non-hydrogen) atoms. The molecule has 2 aliphatic heterocycles. The fourth-order valence-corrected chi connectivity index (χ4v) is 1.64. The maximum Gasteiger partial charge on any atom is 0.0950 e. The van der Waals surface area contributed by atoms with E-state index in [1.54, 1.807) is 0 Å². The monoisotopic (exact) mass is 154 g/mol. The molecule has 2 heterocycles. The van der Waals surface area contributed by atoms with Crippen LogP contribution in [0.3, 0.4) is 0 Å². The lowest BCUT2D eigenvalue weighted by atomic mass is 9.98. The molecular weight excluding hydrogens is 140 g/mol. The van der Waals surface area contributed by atoms with E-state index in [1.165, 1.54) is 0 Å². The van der Waals surface area contributed by atoms with Crippen LogP contribution in [-0.4, -0.2) is 36.0 Å². The normalized spacial score (nSPS) is 27.2. The van der Waals surface area contributed by atoms with Crippen molar-refractivity contribution < 1.29 is 4.74 Å². The summed E-state index contributed by atoms with van der Waals surface area (Å²) in [6.07, 6.45) is 2.23. The van der Waals surface area contributed by atoms with Gasteiger partial charge in [-0.15, -0.1) is 0 Å². The van der Waals surface area contributed by atoms with Crippen LogP contribution in [0.1, 0.15) is 19.8 Å². The zero-order valence-electron chi connectivity index (χ0n) is 6.89. The van der Waals surface area contributed by atoms with E-state index in [1.807, 2.05) is 6.92 Å². The molecule has 0 aromatic heterocycles. The number of piperidine rings is 1. The van der Waals surface area contributed by atoms with Gasteiger partial charge in [0, 0.05) is 13.1 Å². The Morgan fingerprint density at radius 1 is 1.45 bits per heavy atom. The van der Waals surface area contributed by atoms with Gasteiger partial charge in [0.05, 0.1) is 18.0 Å². The number of hydrogen-bond acceptors (Lipinski definition) is 2. The molecule has 0 bridgehead atoms. The Hall–Kier alpha value is -0.570. The van der Waals surface area contributed by atoms with Crippen molar-refractivity contribution in [2.45, 2.75) is 25.4 Å². The summed E-state index contributed by atoms with van der Waals surface area (Å²) in [4.78, 5) is 2.12. The van der Waals surface area contributed by atoms with Gasteiger partial charge in [-0.1, -0.05) is 0 Å². The van der Waals surface area contributed by atoms with Crippen molar-refractivity contribution in [1.29, 1.82) is 5.41 Å². The topological polar surface area (TPSA) is 39.6 Å². The SMILES string of the molecule is CC(=N)N1CCC2(CC1)CO2. The summed E-state index contributed by atoms with van der Waals surface area (Å²) in [5, 5.41) is 7.42. The van der Waals surface area contributed by atoms with Gasteiger partial charge in [0.25, 0.3) is 0 Å². The average molecular weight is 154 g/mol. The Kier molecular flexibility index (Phi) is 1.42. The minimum Gasteiger partial charge on any atom is -0.369 e. The number of amidine groups is 1. The van der Waals surface area contributed by atoms with Crippen molar-refractivity contribution in [3.05, 3.63) is 0 Å². The quantitative estimate of drug-likeness (QED) is 0.319. The highest BCUT2D eigenvalue weighted by Crippen LogP contribution is 2.37. The predicted molar refractivity (Wildman–Crippen MR) is 42.9 cm³/mol. The Bertz CT molecular complexity index is 177. The standard InChI is InChI=1S/C8H14N2O/c1-7(9)10-4-2-8(3-5-10)6-11-8/h9H,2-6H2,1H3. The van der Waals surface area contributed by atoms with Crippen molar-refractivity contribution in [3.63, 3.8) is 0 Å². The first-order chi connectivity index (χ1) is 5.22. The number of nitrogens with zero attached hydrogens (tertiary/aromatic N) is 1. The molecule has 0 aromatic rings. The number of likely N-dealkylation sites (tertiary alicyclic amines) is 1. The molecular formula is C8H14N2O. The Balaban J connectivity index is 1.89. The first-order valence-corrected chi connectivity index (χ1v) is 4.16. The summed E-state index contributed by atoms with van der Waals surface area (Å²) >= 11 is 0. The predicted octanol–water partition coefficient (Wildman–Crippen LogP) is 0.848. The van der Waals surface area contributed by atoms with E-state index in [0.717, 1.165) is 32.5 Å². The molecule has 1 N–H and O–H groups in total. The van der Waals surface area contributed by atoms with Gasteiger partial charge in [-0.3, -0.25) is 5.41 Å². The molecule has 3 nitrogen and oxygen atoms in total. The zero-order chi connectivity index (χ0) is 7.90. The number of hydrogen-bond donors (Lipinski definition) is 1. The van der Waals surface area contributed by atoms with E-state index in [4.69, 9.17) is 10.1 Å². The van der Waals surface area contributed by atoms with Gasteiger partial charge < -0.3 is 9.64 Å². The maximum atomic E-state index is 7.42. The van der Waals surface area contributed by atoms with Crippen LogP contribution in [-0.2, 0) is 4.74 Å². The second kappa shape index (κ2) is 2.21. The maximum absolute atomic E-state index is 7.42. The van der Waals surface area contributed by atoms with Crippen LogP contribution >= 0.6 is 0 Å². The summed E-state index contributed by atoms with van der Waals surface area (Å²) in [5.41, 5.74) is 0.256. The lowest BCUT2D eigenvalue weighted by molar-refractivity contribution is 0.195. The van der Waals surface area contributed by atoms with Crippen LogP contribution in [0.15, 0.2) is 0 Å². The minimum atomic E-state index is 0.256. The van der Waals surface area contributed by atoms with Gasteiger partial charge in [0.1, 0.15) is 0 Å². The molecule has 2 saturated heterocycles. The molecule has 62 valence electrons. The fraction of sp³-hybridized carbons (Fsp3) is 0.875. The summed E-state index contributed by atoms with van der Waals surface area (Å²) < 4.78 is 5.37. The molecule has 0 unspecified atom stereocenters. The third kappa shape index (κ3) is 1.25. The molecule has 2 fully saturated rings. The summed E-state index contributed by atoms with van der Waals surface area (Å²) in [6.45, 7) is 4.83. The second-order valence-electron chi connectivity index (χ2n) is 3.54. The lowest BCUT2D eigenvalue weighted by Gasteiger charge is -2.30. The number of nitrogens with one attached hydrogen (secondary N) is 1. The van der Waals surface area contributed by atoms with Crippen LogP contribution in [0.2, 0.25) is 0 Å².